The highest BCUT2D eigenvalue weighted by atomic mass is 32.1. The van der Waals surface area contributed by atoms with Crippen molar-refractivity contribution in [3.63, 3.8) is 0 Å². The number of hydrogen-bond acceptors (Lipinski definition) is 4. The van der Waals surface area contributed by atoms with Gasteiger partial charge in [-0.05, 0) is 20.4 Å². The van der Waals surface area contributed by atoms with Gasteiger partial charge in [0.15, 0.2) is 0 Å². The van der Waals surface area contributed by atoms with Gasteiger partial charge < -0.3 is 10.6 Å². The zero-order chi connectivity index (χ0) is 10.1. The Morgan fingerprint density at radius 1 is 1.64 bits per heavy atom. The van der Waals surface area contributed by atoms with Crippen LogP contribution in [0, 0.1) is 0 Å². The molecule has 2 N–H and O–H groups in total. The van der Waals surface area contributed by atoms with Crippen molar-refractivity contribution in [3.8, 4) is 0 Å². The van der Waals surface area contributed by atoms with E-state index in [2.05, 4.69) is 16.9 Å². The van der Waals surface area contributed by atoms with Crippen LogP contribution in [0.5, 0.6) is 0 Å². The van der Waals surface area contributed by atoms with Crippen molar-refractivity contribution >= 4 is 11.3 Å². The Labute approximate surface area is 88.9 Å². The molecule has 0 aliphatic carbocycles. The van der Waals surface area contributed by atoms with Crippen LogP contribution in [-0.2, 0) is 19.4 Å². The Morgan fingerprint density at radius 2 is 2.43 bits per heavy atom. The fourth-order valence-corrected chi connectivity index (χ4v) is 2.95. The van der Waals surface area contributed by atoms with Gasteiger partial charge in [-0.15, -0.1) is 11.3 Å². The largest absolute Gasteiger partial charge is 0.328 e. The van der Waals surface area contributed by atoms with E-state index in [1.165, 1.54) is 15.6 Å². The van der Waals surface area contributed by atoms with E-state index in [-0.39, 0.29) is 6.04 Å². The highest BCUT2D eigenvalue weighted by Gasteiger charge is 2.18. The first-order valence-electron chi connectivity index (χ1n) is 5.06. The zero-order valence-corrected chi connectivity index (χ0v) is 9.60. The summed E-state index contributed by atoms with van der Waals surface area (Å²) in [7, 11) is 2.15. The molecular formula is C10H17N3S. The lowest BCUT2D eigenvalue weighted by molar-refractivity contribution is 0.310. The maximum atomic E-state index is 5.77. The summed E-state index contributed by atoms with van der Waals surface area (Å²) in [6, 6.07) is 0.223. The van der Waals surface area contributed by atoms with E-state index >= 15 is 0 Å². The Balaban J connectivity index is 2.15. The smallest absolute Gasteiger partial charge is 0.0947 e. The normalized spacial score (nSPS) is 19.4. The quantitative estimate of drug-likeness (QED) is 0.794. The molecule has 0 spiro atoms. The molecule has 0 amide bonds. The van der Waals surface area contributed by atoms with Crippen molar-refractivity contribution in [2.75, 3.05) is 13.6 Å². The molecule has 0 aromatic carbocycles. The van der Waals surface area contributed by atoms with E-state index in [4.69, 9.17) is 5.73 Å². The van der Waals surface area contributed by atoms with Crippen molar-refractivity contribution in [1.29, 1.82) is 0 Å². The van der Waals surface area contributed by atoms with Gasteiger partial charge in [0.05, 0.1) is 10.7 Å². The van der Waals surface area contributed by atoms with Gasteiger partial charge in [0, 0.05) is 30.4 Å². The number of nitrogens with two attached hydrogens (primary N) is 1. The molecule has 0 fully saturated rings. The molecule has 2 rings (SSSR count). The first-order valence-corrected chi connectivity index (χ1v) is 5.88. The predicted octanol–water partition coefficient (Wildman–Crippen LogP) is 1.02. The van der Waals surface area contributed by atoms with Gasteiger partial charge in [-0.25, -0.2) is 4.98 Å². The number of hydrogen-bond donors (Lipinski definition) is 1. The number of fused-ring (bicyclic) bond motifs is 1. The maximum absolute atomic E-state index is 5.77. The van der Waals surface area contributed by atoms with Crippen LogP contribution in [0.15, 0.2) is 0 Å². The van der Waals surface area contributed by atoms with Crippen molar-refractivity contribution in [2.24, 2.45) is 5.73 Å². The third-order valence-corrected chi connectivity index (χ3v) is 3.64. The molecule has 0 radical (unpaired) electrons. The second kappa shape index (κ2) is 3.96. The molecule has 1 aliphatic rings. The van der Waals surface area contributed by atoms with E-state index in [1.807, 2.05) is 18.3 Å². The van der Waals surface area contributed by atoms with Gasteiger partial charge in [-0.1, -0.05) is 0 Å². The van der Waals surface area contributed by atoms with Crippen LogP contribution in [-0.4, -0.2) is 29.5 Å². The highest BCUT2D eigenvalue weighted by Crippen LogP contribution is 2.24. The Morgan fingerprint density at radius 3 is 3.14 bits per heavy atom. The molecule has 1 atom stereocenters. The summed E-state index contributed by atoms with van der Waals surface area (Å²) in [6.45, 7) is 4.20. The SMILES string of the molecule is CC(N)Cc1nc2c(s1)CCN(C)C2. The van der Waals surface area contributed by atoms with Crippen molar-refractivity contribution in [2.45, 2.75) is 32.4 Å². The second-order valence-electron chi connectivity index (χ2n) is 4.15. The highest BCUT2D eigenvalue weighted by molar-refractivity contribution is 7.11. The standard InChI is InChI=1S/C10H17N3S/c1-7(11)5-10-12-8-6-13(2)4-3-9(8)14-10/h7H,3-6,11H2,1-2H3. The fraction of sp³-hybridized carbons (Fsp3) is 0.700. The molecule has 4 heteroatoms. The Bertz CT molecular complexity index is 319. The first-order chi connectivity index (χ1) is 6.65. The van der Waals surface area contributed by atoms with Gasteiger partial charge in [0.25, 0.3) is 0 Å². The Kier molecular flexibility index (Phi) is 2.85. The molecule has 1 aliphatic heterocycles. The summed E-state index contributed by atoms with van der Waals surface area (Å²) in [5.74, 6) is 0. The van der Waals surface area contributed by atoms with E-state index in [1.54, 1.807) is 0 Å². The van der Waals surface area contributed by atoms with Crippen molar-refractivity contribution in [3.05, 3.63) is 15.6 Å². The second-order valence-corrected chi connectivity index (χ2v) is 5.31. The topological polar surface area (TPSA) is 42.1 Å². The molecular weight excluding hydrogens is 194 g/mol. The van der Waals surface area contributed by atoms with Gasteiger partial charge in [0.2, 0.25) is 0 Å². The van der Waals surface area contributed by atoms with E-state index in [0.29, 0.717) is 0 Å². The summed E-state index contributed by atoms with van der Waals surface area (Å²) in [6.07, 6.45) is 2.07. The average Bonchev–Trinajstić information content (AvgIpc) is 2.44. The minimum Gasteiger partial charge on any atom is -0.328 e. The molecule has 14 heavy (non-hydrogen) atoms. The van der Waals surface area contributed by atoms with Crippen LogP contribution in [0.1, 0.15) is 22.5 Å². The lowest BCUT2D eigenvalue weighted by Crippen LogP contribution is -2.25. The van der Waals surface area contributed by atoms with Gasteiger partial charge in [-0.2, -0.15) is 0 Å². The summed E-state index contributed by atoms with van der Waals surface area (Å²) in [5.41, 5.74) is 7.04. The van der Waals surface area contributed by atoms with Gasteiger partial charge in [0.1, 0.15) is 0 Å². The monoisotopic (exact) mass is 211 g/mol. The zero-order valence-electron chi connectivity index (χ0n) is 8.79. The van der Waals surface area contributed by atoms with Crippen LogP contribution in [0.4, 0.5) is 0 Å². The lowest BCUT2D eigenvalue weighted by Gasteiger charge is -2.20. The number of likely N-dealkylation sites (N-methyl/N-ethyl adjacent to an activating group) is 1. The minimum absolute atomic E-state index is 0.223. The lowest BCUT2D eigenvalue weighted by atomic mass is 10.2. The molecule has 1 aromatic rings. The summed E-state index contributed by atoms with van der Waals surface area (Å²) < 4.78 is 0. The van der Waals surface area contributed by atoms with E-state index in [9.17, 15) is 0 Å². The third-order valence-electron chi connectivity index (χ3n) is 2.46. The summed E-state index contributed by atoms with van der Waals surface area (Å²) >= 11 is 1.85. The molecule has 2 heterocycles. The van der Waals surface area contributed by atoms with Crippen LogP contribution in [0.3, 0.4) is 0 Å². The van der Waals surface area contributed by atoms with Gasteiger partial charge >= 0.3 is 0 Å². The minimum atomic E-state index is 0.223. The number of nitrogens with zero attached hydrogens (tertiary/aromatic N) is 2. The number of rotatable bonds is 2. The molecule has 78 valence electrons. The van der Waals surface area contributed by atoms with Crippen LogP contribution in [0.25, 0.3) is 0 Å². The molecule has 1 unspecified atom stereocenters. The Hall–Kier alpha value is -0.450. The third kappa shape index (κ3) is 2.13. The van der Waals surface area contributed by atoms with Crippen molar-refractivity contribution < 1.29 is 0 Å². The van der Waals surface area contributed by atoms with Crippen molar-refractivity contribution in [1.82, 2.24) is 9.88 Å². The van der Waals surface area contributed by atoms with Gasteiger partial charge in [-0.3, -0.25) is 0 Å². The molecule has 0 saturated heterocycles. The van der Waals surface area contributed by atoms with Crippen LogP contribution in [0.2, 0.25) is 0 Å². The number of thiazole rings is 1. The fourth-order valence-electron chi connectivity index (χ4n) is 1.75. The van der Waals surface area contributed by atoms with Crippen LogP contribution >= 0.6 is 11.3 Å². The predicted molar refractivity (Wildman–Crippen MR) is 59.5 cm³/mol. The summed E-state index contributed by atoms with van der Waals surface area (Å²) in [4.78, 5) is 8.43. The first kappa shape index (κ1) is 10.1. The molecule has 0 bridgehead atoms. The maximum Gasteiger partial charge on any atom is 0.0947 e. The summed E-state index contributed by atoms with van der Waals surface area (Å²) in [5, 5.41) is 1.21. The van der Waals surface area contributed by atoms with E-state index in [0.717, 1.165) is 25.9 Å². The number of aromatic nitrogens is 1. The van der Waals surface area contributed by atoms with Crippen LogP contribution < -0.4 is 5.73 Å². The average molecular weight is 211 g/mol. The molecule has 3 nitrogen and oxygen atoms in total. The van der Waals surface area contributed by atoms with E-state index < -0.39 is 0 Å². The molecule has 1 aromatic heterocycles. The molecule has 0 saturated carbocycles.